The van der Waals surface area contributed by atoms with Crippen LogP contribution in [0.1, 0.15) is 122 Å². The first-order chi connectivity index (χ1) is 43.9. The molecule has 3 saturated heterocycles. The normalized spacial score (nSPS) is 21.8. The van der Waals surface area contributed by atoms with E-state index in [0.29, 0.717) is 81.0 Å². The largest absolute Gasteiger partial charge is 0.444 e. The number of Topliss-reactive ketones (excluding diaryl/α,β-unsaturated/α-hetero) is 1. The SMILES string of the molecule is C[C@@H]1COCCN1C[C@H]1CN(C(=O)OC(C)(C)C)[C@H](C)CN1CC(=O)N1CC(C)(C(=O)NCC(=O)Cc2ccc3c(c2)[C@@H](C(=O)Nc2c(F)cccc2F)N(C(=O)[C@@H](NC(=O)[C@H](C)N(C)C(=O)OC(C)(C)C)C2CCOCC2)C3)c2ccc(Cc3ccc(F)cc3)cc21. The van der Waals surface area contributed by atoms with E-state index in [1.54, 1.807) is 67.8 Å². The number of piperazine rings is 1. The summed E-state index contributed by atoms with van der Waals surface area (Å²) in [5.41, 5.74) is 0.0777. The summed E-state index contributed by atoms with van der Waals surface area (Å²) in [6.45, 7) is 20.4. The van der Waals surface area contributed by atoms with Gasteiger partial charge in [0.05, 0.1) is 31.7 Å². The molecule has 5 heterocycles. The van der Waals surface area contributed by atoms with Crippen LogP contribution in [0, 0.1) is 23.4 Å². The van der Waals surface area contributed by atoms with Crippen molar-refractivity contribution in [3.63, 3.8) is 0 Å². The topological polar surface area (TPSA) is 229 Å². The van der Waals surface area contributed by atoms with Gasteiger partial charge >= 0.3 is 12.2 Å². The molecule has 1 unspecified atom stereocenters. The summed E-state index contributed by atoms with van der Waals surface area (Å²) in [4.78, 5) is 125. The van der Waals surface area contributed by atoms with Crippen LogP contribution in [-0.4, -0.2) is 193 Å². The Hall–Kier alpha value is -7.93. The lowest BCUT2D eigenvalue weighted by molar-refractivity contribution is -0.144. The highest BCUT2D eigenvalue weighted by Crippen LogP contribution is 2.43. The Morgan fingerprint density at radius 2 is 1.44 bits per heavy atom. The van der Waals surface area contributed by atoms with E-state index in [1.807, 2.05) is 45.9 Å². The third-order valence-corrected chi connectivity index (χ3v) is 18.1. The molecule has 5 aliphatic heterocycles. The number of rotatable bonds is 18. The fourth-order valence-corrected chi connectivity index (χ4v) is 12.8. The minimum Gasteiger partial charge on any atom is -0.444 e. The van der Waals surface area contributed by atoms with Crippen molar-refractivity contribution < 1.29 is 70.5 Å². The number of ether oxygens (including phenoxy) is 4. The molecule has 93 heavy (non-hydrogen) atoms. The number of ketones is 1. The number of halogens is 3. The summed E-state index contributed by atoms with van der Waals surface area (Å²) >= 11 is 0. The van der Waals surface area contributed by atoms with Crippen LogP contribution in [0.3, 0.4) is 0 Å². The van der Waals surface area contributed by atoms with Crippen molar-refractivity contribution >= 4 is 58.9 Å². The van der Waals surface area contributed by atoms with Gasteiger partial charge in [-0.25, -0.2) is 22.8 Å². The van der Waals surface area contributed by atoms with Gasteiger partial charge in [0, 0.05) is 89.8 Å². The average Bonchev–Trinajstić information content (AvgIpc) is 1.61. The smallest absolute Gasteiger partial charge is 0.410 e. The van der Waals surface area contributed by atoms with Gasteiger partial charge < -0.3 is 49.6 Å². The maximum Gasteiger partial charge on any atom is 0.410 e. The Morgan fingerprint density at radius 3 is 2.11 bits per heavy atom. The first-order valence-electron chi connectivity index (χ1n) is 31.9. The summed E-state index contributed by atoms with van der Waals surface area (Å²) < 4.78 is 67.2. The highest BCUT2D eigenvalue weighted by atomic mass is 19.1. The van der Waals surface area contributed by atoms with Gasteiger partial charge in [-0.15, -0.1) is 0 Å². The second-order valence-electron chi connectivity index (χ2n) is 27.5. The minimum atomic E-state index is -1.53. The van der Waals surface area contributed by atoms with Crippen molar-refractivity contribution in [2.24, 2.45) is 5.92 Å². The molecule has 4 aromatic rings. The quantitative estimate of drug-likeness (QED) is 0.0880. The standard InChI is InChI=1S/C69H88F3N9O12/c1-41-34-78(50(36-77-25-28-91-39-42(77)2)37-79(41)66(89)93-68(7,8)9)38-57(83)81-40-69(10,53-22-18-45(32-56(53)81)29-44-16-20-49(70)21-17-44)64(87)73-33-51(82)30-46-15-19-48-35-80(60(52(48)31-46)62(85)75-59-54(71)13-12-14-55(59)72)63(86)58(47-23-26-90-27-24-47)74-61(84)43(3)76(11)65(88)92-67(4,5)6/h12-22,31-32,41-43,47,50,58,60H,23-30,33-40H2,1-11H3,(H,73,87)(H,74,84)(H,75,85)/t41-,42-,43+,50+,58+,60+,69?/m1/s1. The Labute approximate surface area is 541 Å². The zero-order valence-electron chi connectivity index (χ0n) is 55.1. The molecular formula is C69H88F3N9O12. The van der Waals surface area contributed by atoms with Gasteiger partial charge in [-0.2, -0.15) is 0 Å². The predicted molar refractivity (Wildman–Crippen MR) is 340 cm³/mol. The monoisotopic (exact) mass is 1290 g/mol. The molecule has 24 heteroatoms. The molecule has 5 aliphatic rings. The number of carbonyl (C=O) groups is 8. The highest BCUT2D eigenvalue weighted by molar-refractivity contribution is 6.04. The number of hydrogen-bond acceptors (Lipinski definition) is 14. The van der Waals surface area contributed by atoms with Crippen LogP contribution in [0.4, 0.5) is 34.1 Å². The number of benzene rings is 4. The van der Waals surface area contributed by atoms with Crippen LogP contribution in [0.2, 0.25) is 0 Å². The van der Waals surface area contributed by atoms with Gasteiger partial charge in [0.15, 0.2) is 5.78 Å². The van der Waals surface area contributed by atoms with E-state index in [0.717, 1.165) is 34.2 Å². The van der Waals surface area contributed by atoms with Crippen molar-refractivity contribution in [3.8, 4) is 0 Å². The Bertz CT molecular complexity index is 3440. The third kappa shape index (κ3) is 16.5. The summed E-state index contributed by atoms with van der Waals surface area (Å²) in [5, 5.41) is 8.06. The van der Waals surface area contributed by atoms with E-state index < -0.39 is 106 Å². The fraction of sp³-hybridized carbons (Fsp3) is 0.536. The lowest BCUT2D eigenvalue weighted by atomic mass is 9.83. The third-order valence-electron chi connectivity index (χ3n) is 18.1. The molecule has 0 aromatic heterocycles. The molecule has 3 fully saturated rings. The van der Waals surface area contributed by atoms with E-state index in [-0.39, 0.29) is 74.7 Å². The first kappa shape index (κ1) is 69.4. The predicted octanol–water partition coefficient (Wildman–Crippen LogP) is 7.45. The second kappa shape index (κ2) is 28.7. The van der Waals surface area contributed by atoms with Gasteiger partial charge in [0.25, 0.3) is 5.91 Å². The molecule has 7 amide bonds. The minimum absolute atomic E-state index is 0.0511. The number of amides is 7. The van der Waals surface area contributed by atoms with Crippen molar-refractivity contribution in [2.45, 2.75) is 154 Å². The van der Waals surface area contributed by atoms with Gasteiger partial charge in [0.1, 0.15) is 52.5 Å². The molecule has 21 nitrogen and oxygen atoms in total. The van der Waals surface area contributed by atoms with E-state index in [9.17, 15) is 33.2 Å². The Morgan fingerprint density at radius 1 is 0.774 bits per heavy atom. The van der Waals surface area contributed by atoms with Crippen LogP contribution in [0.25, 0.3) is 0 Å². The number of fused-ring (bicyclic) bond motifs is 2. The van der Waals surface area contributed by atoms with E-state index in [4.69, 9.17) is 18.9 Å². The van der Waals surface area contributed by atoms with Crippen LogP contribution >= 0.6 is 0 Å². The molecule has 0 saturated carbocycles. The fourth-order valence-electron chi connectivity index (χ4n) is 12.8. The lowest BCUT2D eigenvalue weighted by Gasteiger charge is -2.47. The summed E-state index contributed by atoms with van der Waals surface area (Å²) in [6, 6.07) is 15.2. The maximum absolute atomic E-state index is 15.2. The summed E-state index contributed by atoms with van der Waals surface area (Å²) in [5.74, 6) is -6.62. The van der Waals surface area contributed by atoms with Crippen LogP contribution in [0.15, 0.2) is 78.9 Å². The van der Waals surface area contributed by atoms with E-state index >= 15 is 18.4 Å². The molecule has 0 bridgehead atoms. The van der Waals surface area contributed by atoms with Gasteiger partial charge in [-0.3, -0.25) is 43.5 Å². The molecule has 0 aliphatic carbocycles. The molecular weight excluding hydrogens is 1200 g/mol. The molecule has 4 aromatic carbocycles. The number of hydrogen-bond donors (Lipinski definition) is 3. The molecule has 9 rings (SSSR count). The molecule has 0 spiro atoms. The molecule has 0 radical (unpaired) electrons. The van der Waals surface area contributed by atoms with Gasteiger partial charge in [-0.05, 0) is 158 Å². The molecule has 3 N–H and O–H groups in total. The lowest BCUT2D eigenvalue weighted by Crippen LogP contribution is -2.64. The summed E-state index contributed by atoms with van der Waals surface area (Å²) in [6.07, 6.45) is -0.382. The van der Waals surface area contributed by atoms with Crippen LogP contribution < -0.4 is 20.9 Å². The van der Waals surface area contributed by atoms with Gasteiger partial charge in [-0.1, -0.05) is 48.5 Å². The van der Waals surface area contributed by atoms with E-state index in [2.05, 4.69) is 32.7 Å². The molecule has 502 valence electrons. The first-order valence-corrected chi connectivity index (χ1v) is 31.9. The Balaban J connectivity index is 0.947. The van der Waals surface area contributed by atoms with Crippen molar-refractivity contribution in [2.75, 3.05) is 89.5 Å². The zero-order valence-corrected chi connectivity index (χ0v) is 55.1. The number of nitrogens with one attached hydrogen (secondary N) is 3. The number of likely N-dealkylation sites (N-methyl/N-ethyl adjacent to an activating group) is 1. The second-order valence-corrected chi connectivity index (χ2v) is 27.5. The van der Waals surface area contributed by atoms with E-state index in [1.165, 1.54) is 31.0 Å². The van der Waals surface area contributed by atoms with Crippen molar-refractivity contribution in [3.05, 3.63) is 130 Å². The van der Waals surface area contributed by atoms with Crippen LogP contribution in [0.5, 0.6) is 0 Å². The maximum atomic E-state index is 15.2. The number of carbonyl (C=O) groups excluding carboxylic acids is 8. The summed E-state index contributed by atoms with van der Waals surface area (Å²) in [7, 11) is 1.39. The van der Waals surface area contributed by atoms with Gasteiger partial charge in [0.2, 0.25) is 23.6 Å². The Kier molecular flexibility index (Phi) is 21.5. The van der Waals surface area contributed by atoms with Crippen LogP contribution in [-0.2, 0) is 72.5 Å². The number of morpholine rings is 1. The molecule has 7 atom stereocenters. The van der Waals surface area contributed by atoms with Crippen molar-refractivity contribution in [1.82, 2.24) is 35.1 Å². The zero-order chi connectivity index (χ0) is 67.4. The highest BCUT2D eigenvalue weighted by Gasteiger charge is 2.49. The number of nitrogens with zero attached hydrogens (tertiary/aromatic N) is 6. The number of para-hydroxylation sites is 1. The average molecular weight is 1290 g/mol. The van der Waals surface area contributed by atoms with Crippen molar-refractivity contribution in [1.29, 1.82) is 0 Å². The number of anilines is 2.